The second-order valence-corrected chi connectivity index (χ2v) is 5.05. The van der Waals surface area contributed by atoms with Gasteiger partial charge in [0.25, 0.3) is 0 Å². The topological polar surface area (TPSA) is 76.6 Å². The first-order valence-corrected chi connectivity index (χ1v) is 7.15. The van der Waals surface area contributed by atoms with Crippen molar-refractivity contribution >= 4 is 11.3 Å². The molecule has 0 fully saturated rings. The van der Waals surface area contributed by atoms with Crippen LogP contribution in [0.4, 0.5) is 0 Å². The molecule has 0 unspecified atom stereocenters. The monoisotopic (exact) mass is 297 g/mol. The van der Waals surface area contributed by atoms with E-state index in [9.17, 15) is 0 Å². The Bertz CT molecular complexity index is 743. The summed E-state index contributed by atoms with van der Waals surface area (Å²) in [7, 11) is 0. The second kappa shape index (κ2) is 6.15. The molecule has 2 aromatic heterocycles. The van der Waals surface area contributed by atoms with Crippen LogP contribution in [0.2, 0.25) is 0 Å². The van der Waals surface area contributed by atoms with E-state index in [1.165, 1.54) is 11.3 Å². The second-order valence-electron chi connectivity index (χ2n) is 4.15. The molecule has 0 atom stereocenters. The quantitative estimate of drug-likeness (QED) is 0.722. The number of ether oxygens (including phenoxy) is 1. The largest absolute Gasteiger partial charge is 0.492 e. The molecular formula is C14H11N5OS. The van der Waals surface area contributed by atoms with Crippen LogP contribution in [0.25, 0.3) is 10.8 Å². The Morgan fingerprint density at radius 2 is 2.10 bits per heavy atom. The zero-order chi connectivity index (χ0) is 14.5. The summed E-state index contributed by atoms with van der Waals surface area (Å²) < 4.78 is 7.32. The Kier molecular flexibility index (Phi) is 3.89. The standard InChI is InChI=1S/C14H11N5OS/c15-9-11-1-3-12(4-2-11)20-7-6-19-10-17-13(18-19)14-16-5-8-21-14/h1-5,8,10H,6-7H2. The summed E-state index contributed by atoms with van der Waals surface area (Å²) in [5.74, 6) is 1.36. The highest BCUT2D eigenvalue weighted by Gasteiger charge is 2.06. The maximum absolute atomic E-state index is 8.72. The van der Waals surface area contributed by atoms with E-state index < -0.39 is 0 Å². The fourth-order valence-corrected chi connectivity index (χ4v) is 2.29. The average Bonchev–Trinajstić information content (AvgIpc) is 3.19. The van der Waals surface area contributed by atoms with Crippen molar-refractivity contribution in [1.29, 1.82) is 5.26 Å². The van der Waals surface area contributed by atoms with Crippen molar-refractivity contribution in [3.05, 3.63) is 47.7 Å². The maximum atomic E-state index is 8.72. The van der Waals surface area contributed by atoms with Gasteiger partial charge in [0.15, 0.2) is 5.01 Å². The average molecular weight is 297 g/mol. The van der Waals surface area contributed by atoms with Crippen LogP contribution in [-0.4, -0.2) is 26.4 Å². The summed E-state index contributed by atoms with van der Waals surface area (Å²) in [6, 6.07) is 9.08. The first-order chi connectivity index (χ1) is 10.3. The number of hydrogen-bond acceptors (Lipinski definition) is 6. The number of nitriles is 1. The third-order valence-electron chi connectivity index (χ3n) is 2.73. The van der Waals surface area contributed by atoms with Gasteiger partial charge in [-0.05, 0) is 24.3 Å². The predicted molar refractivity (Wildman–Crippen MR) is 77.8 cm³/mol. The molecule has 7 heteroatoms. The summed E-state index contributed by atoms with van der Waals surface area (Å²) >= 11 is 1.51. The minimum Gasteiger partial charge on any atom is -0.492 e. The van der Waals surface area contributed by atoms with Crippen molar-refractivity contribution in [3.8, 4) is 22.7 Å². The molecule has 104 valence electrons. The van der Waals surface area contributed by atoms with Gasteiger partial charge in [-0.1, -0.05) is 0 Å². The van der Waals surface area contributed by atoms with Crippen molar-refractivity contribution in [2.75, 3.05) is 6.61 Å². The van der Waals surface area contributed by atoms with Crippen LogP contribution in [-0.2, 0) is 6.54 Å². The lowest BCUT2D eigenvalue weighted by atomic mass is 10.2. The molecule has 0 amide bonds. The molecule has 6 nitrogen and oxygen atoms in total. The SMILES string of the molecule is N#Cc1ccc(OCCn2cnc(-c3nccs3)n2)cc1. The van der Waals surface area contributed by atoms with Crippen LogP contribution in [0.5, 0.6) is 5.75 Å². The van der Waals surface area contributed by atoms with Gasteiger partial charge in [0, 0.05) is 11.6 Å². The van der Waals surface area contributed by atoms with Crippen molar-refractivity contribution in [2.45, 2.75) is 6.54 Å². The molecular weight excluding hydrogens is 286 g/mol. The molecule has 0 N–H and O–H groups in total. The van der Waals surface area contributed by atoms with E-state index in [1.807, 2.05) is 5.38 Å². The Labute approximate surface area is 125 Å². The van der Waals surface area contributed by atoms with Gasteiger partial charge in [0.1, 0.15) is 18.7 Å². The lowest BCUT2D eigenvalue weighted by Gasteiger charge is -2.05. The third-order valence-corrected chi connectivity index (χ3v) is 3.50. The van der Waals surface area contributed by atoms with E-state index in [1.54, 1.807) is 41.5 Å². The van der Waals surface area contributed by atoms with Crippen molar-refractivity contribution in [1.82, 2.24) is 19.7 Å². The minimum atomic E-state index is 0.479. The lowest BCUT2D eigenvalue weighted by Crippen LogP contribution is -2.08. The molecule has 0 spiro atoms. The Hall–Kier alpha value is -2.72. The molecule has 0 saturated carbocycles. The number of aromatic nitrogens is 4. The van der Waals surface area contributed by atoms with E-state index >= 15 is 0 Å². The molecule has 3 aromatic rings. The lowest BCUT2D eigenvalue weighted by molar-refractivity contribution is 0.291. The van der Waals surface area contributed by atoms with Crippen LogP contribution in [0, 0.1) is 11.3 Å². The molecule has 2 heterocycles. The normalized spacial score (nSPS) is 10.2. The Morgan fingerprint density at radius 1 is 1.24 bits per heavy atom. The van der Waals surface area contributed by atoms with Crippen LogP contribution in [0.3, 0.4) is 0 Å². The Balaban J connectivity index is 1.54. The maximum Gasteiger partial charge on any atom is 0.210 e. The fourth-order valence-electron chi connectivity index (χ4n) is 1.72. The van der Waals surface area contributed by atoms with Crippen LogP contribution >= 0.6 is 11.3 Å². The van der Waals surface area contributed by atoms with Gasteiger partial charge in [-0.25, -0.2) is 14.6 Å². The summed E-state index contributed by atoms with van der Waals surface area (Å²) in [6.45, 7) is 1.07. The van der Waals surface area contributed by atoms with E-state index in [0.29, 0.717) is 24.5 Å². The highest BCUT2D eigenvalue weighted by atomic mass is 32.1. The van der Waals surface area contributed by atoms with E-state index in [0.717, 1.165) is 10.8 Å². The van der Waals surface area contributed by atoms with Crippen LogP contribution in [0.1, 0.15) is 5.56 Å². The van der Waals surface area contributed by atoms with Gasteiger partial charge in [-0.2, -0.15) is 5.26 Å². The zero-order valence-electron chi connectivity index (χ0n) is 11.0. The van der Waals surface area contributed by atoms with Gasteiger partial charge in [0.05, 0.1) is 18.2 Å². The smallest absolute Gasteiger partial charge is 0.210 e. The van der Waals surface area contributed by atoms with Crippen molar-refractivity contribution < 1.29 is 4.74 Å². The number of hydrogen-bond donors (Lipinski definition) is 0. The van der Waals surface area contributed by atoms with E-state index in [-0.39, 0.29) is 0 Å². The molecule has 3 rings (SSSR count). The molecule has 21 heavy (non-hydrogen) atoms. The summed E-state index contributed by atoms with van der Waals surface area (Å²) in [5, 5.41) is 15.8. The van der Waals surface area contributed by atoms with Gasteiger partial charge >= 0.3 is 0 Å². The molecule has 0 bridgehead atoms. The Morgan fingerprint density at radius 3 is 2.81 bits per heavy atom. The molecule has 1 aromatic carbocycles. The van der Waals surface area contributed by atoms with Crippen LogP contribution in [0.15, 0.2) is 42.2 Å². The zero-order valence-corrected chi connectivity index (χ0v) is 11.8. The summed E-state index contributed by atoms with van der Waals surface area (Å²) in [5.41, 5.74) is 0.617. The summed E-state index contributed by atoms with van der Waals surface area (Å²) in [6.07, 6.45) is 3.40. The van der Waals surface area contributed by atoms with Crippen molar-refractivity contribution in [2.24, 2.45) is 0 Å². The van der Waals surface area contributed by atoms with Gasteiger partial charge in [-0.15, -0.1) is 16.4 Å². The predicted octanol–water partition coefficient (Wildman–Crippen LogP) is 2.35. The number of thiazole rings is 1. The minimum absolute atomic E-state index is 0.479. The third kappa shape index (κ3) is 3.24. The molecule has 0 saturated heterocycles. The first kappa shape index (κ1) is 13.3. The van der Waals surface area contributed by atoms with E-state index in [4.69, 9.17) is 10.00 Å². The molecule has 0 aliphatic carbocycles. The van der Waals surface area contributed by atoms with Gasteiger partial charge < -0.3 is 4.74 Å². The first-order valence-electron chi connectivity index (χ1n) is 6.27. The number of benzene rings is 1. The molecule has 0 aliphatic rings. The van der Waals surface area contributed by atoms with E-state index in [2.05, 4.69) is 21.1 Å². The highest BCUT2D eigenvalue weighted by Crippen LogP contribution is 2.16. The summed E-state index contributed by atoms with van der Waals surface area (Å²) in [4.78, 5) is 8.38. The molecule has 0 radical (unpaired) electrons. The van der Waals surface area contributed by atoms with Gasteiger partial charge in [-0.3, -0.25) is 0 Å². The number of rotatable bonds is 5. The highest BCUT2D eigenvalue weighted by molar-refractivity contribution is 7.12. The fraction of sp³-hybridized carbons (Fsp3) is 0.143. The van der Waals surface area contributed by atoms with Gasteiger partial charge in [0.2, 0.25) is 5.82 Å². The number of nitrogens with zero attached hydrogens (tertiary/aromatic N) is 5. The molecule has 0 aliphatic heterocycles. The van der Waals surface area contributed by atoms with Crippen molar-refractivity contribution in [3.63, 3.8) is 0 Å². The van der Waals surface area contributed by atoms with Crippen LogP contribution < -0.4 is 4.74 Å².